The molecule has 0 spiro atoms. The molecule has 0 heterocycles. The molecule has 1 atom stereocenters. The van der Waals surface area contributed by atoms with E-state index in [4.69, 9.17) is 10.9 Å². The maximum absolute atomic E-state index is 10.7. The van der Waals surface area contributed by atoms with E-state index in [1.807, 2.05) is 0 Å². The van der Waals surface area contributed by atoms with E-state index in [1.54, 1.807) is 24.3 Å². The Morgan fingerprint density at radius 2 is 1.90 bits per heavy atom. The van der Waals surface area contributed by atoms with Gasteiger partial charge in [0.2, 0.25) is 0 Å². The molecule has 0 saturated heterocycles. The molecule has 1 unspecified atom stereocenters. The number of nitrogen functional groups attached to an aromatic ring is 1. The van der Waals surface area contributed by atoms with E-state index in [0.717, 1.165) is 0 Å². The molecular formula is C6H8N2OS. The molecule has 0 amide bonds. The highest BCUT2D eigenvalue weighted by Gasteiger charge is 1.99. The van der Waals surface area contributed by atoms with E-state index < -0.39 is 11.0 Å². The summed E-state index contributed by atoms with van der Waals surface area (Å²) in [6, 6.07) is 6.83. The van der Waals surface area contributed by atoms with Crippen LogP contribution in [0.25, 0.3) is 0 Å². The van der Waals surface area contributed by atoms with Crippen LogP contribution in [0.3, 0.4) is 0 Å². The van der Waals surface area contributed by atoms with Gasteiger partial charge in [-0.15, -0.1) is 0 Å². The maximum atomic E-state index is 10.7. The molecule has 0 aliphatic heterocycles. The van der Waals surface area contributed by atoms with Gasteiger partial charge in [-0.3, -0.25) is 0 Å². The summed E-state index contributed by atoms with van der Waals surface area (Å²) in [6.07, 6.45) is 0. The average molecular weight is 156 g/mol. The zero-order chi connectivity index (χ0) is 7.56. The molecule has 0 aliphatic carbocycles. The van der Waals surface area contributed by atoms with Gasteiger partial charge in [-0.25, -0.2) is 9.35 Å². The first kappa shape index (κ1) is 7.24. The van der Waals surface area contributed by atoms with Gasteiger partial charge in [0.15, 0.2) is 0 Å². The Morgan fingerprint density at radius 3 is 2.30 bits per heavy atom. The molecule has 10 heavy (non-hydrogen) atoms. The molecule has 1 aromatic carbocycles. The molecule has 54 valence electrons. The first-order valence-corrected chi connectivity index (χ1v) is 3.94. The monoisotopic (exact) mass is 156 g/mol. The molecule has 0 bridgehead atoms. The standard InChI is InChI=1S/C6H8N2OS/c7-5-3-1-2-4-6(5)10(8)9/h1-4H,7-8H2. The average Bonchev–Trinajstić information content (AvgIpc) is 1.88. The molecule has 0 aromatic heterocycles. The van der Waals surface area contributed by atoms with Crippen molar-refractivity contribution in [3.05, 3.63) is 24.3 Å². The third kappa shape index (κ3) is 1.34. The van der Waals surface area contributed by atoms with Crippen LogP contribution in [0, 0.1) is 0 Å². The summed E-state index contributed by atoms with van der Waals surface area (Å²) in [4.78, 5) is 0.488. The Morgan fingerprint density at radius 1 is 1.30 bits per heavy atom. The first-order chi connectivity index (χ1) is 4.72. The second-order valence-corrected chi connectivity index (χ2v) is 2.87. The van der Waals surface area contributed by atoms with Crippen molar-refractivity contribution >= 4 is 16.7 Å². The van der Waals surface area contributed by atoms with Crippen LogP contribution in [0.15, 0.2) is 29.2 Å². The van der Waals surface area contributed by atoms with E-state index in [0.29, 0.717) is 10.6 Å². The van der Waals surface area contributed by atoms with Crippen molar-refractivity contribution in [2.45, 2.75) is 4.90 Å². The Hall–Kier alpha value is -0.870. The maximum Gasteiger partial charge on any atom is 0.124 e. The summed E-state index contributed by atoms with van der Waals surface area (Å²) in [5, 5.41) is 5.11. The van der Waals surface area contributed by atoms with Crippen LogP contribution < -0.4 is 10.9 Å². The summed E-state index contributed by atoms with van der Waals surface area (Å²) in [5.74, 6) is 0. The fraction of sp³-hybridized carbons (Fsp3) is 0. The quantitative estimate of drug-likeness (QED) is 0.572. The van der Waals surface area contributed by atoms with Crippen molar-refractivity contribution < 1.29 is 4.21 Å². The van der Waals surface area contributed by atoms with E-state index in [9.17, 15) is 4.21 Å². The molecule has 4 heteroatoms. The summed E-state index contributed by atoms with van der Waals surface area (Å²) >= 11 is 0. The predicted molar refractivity (Wildman–Crippen MR) is 41.5 cm³/mol. The zero-order valence-electron chi connectivity index (χ0n) is 5.28. The van der Waals surface area contributed by atoms with Gasteiger partial charge >= 0.3 is 0 Å². The molecular weight excluding hydrogens is 148 g/mol. The third-order valence-electron chi connectivity index (χ3n) is 1.14. The Balaban J connectivity index is 3.15. The lowest BCUT2D eigenvalue weighted by Crippen LogP contribution is -2.05. The second-order valence-electron chi connectivity index (χ2n) is 1.84. The number of nitrogens with two attached hydrogens (primary N) is 2. The smallest absolute Gasteiger partial charge is 0.124 e. The van der Waals surface area contributed by atoms with E-state index in [2.05, 4.69) is 0 Å². The molecule has 0 saturated carbocycles. The summed E-state index contributed by atoms with van der Waals surface area (Å²) < 4.78 is 10.7. The number of rotatable bonds is 1. The number of hydrogen-bond donors (Lipinski definition) is 2. The molecule has 4 N–H and O–H groups in total. The highest BCUT2D eigenvalue weighted by Crippen LogP contribution is 2.11. The molecule has 0 aliphatic rings. The number of hydrogen-bond acceptors (Lipinski definition) is 2. The van der Waals surface area contributed by atoms with Gasteiger partial charge in [-0.1, -0.05) is 12.1 Å². The van der Waals surface area contributed by atoms with E-state index >= 15 is 0 Å². The third-order valence-corrected chi connectivity index (χ3v) is 1.94. The van der Waals surface area contributed by atoms with Crippen molar-refractivity contribution in [1.82, 2.24) is 0 Å². The largest absolute Gasteiger partial charge is 0.398 e. The van der Waals surface area contributed by atoms with Gasteiger partial charge in [-0.05, 0) is 12.1 Å². The number of para-hydroxylation sites is 1. The summed E-state index contributed by atoms with van der Waals surface area (Å²) in [5.41, 5.74) is 5.92. The van der Waals surface area contributed by atoms with Gasteiger partial charge in [-0.2, -0.15) is 0 Å². The lowest BCUT2D eigenvalue weighted by atomic mass is 10.3. The SMILES string of the molecule is Nc1ccccc1S(N)=O. The highest BCUT2D eigenvalue weighted by molar-refractivity contribution is 7.82. The lowest BCUT2D eigenvalue weighted by Gasteiger charge is -1.98. The Labute approximate surface area is 61.6 Å². The topological polar surface area (TPSA) is 69.1 Å². The van der Waals surface area contributed by atoms with Gasteiger partial charge < -0.3 is 5.73 Å². The molecule has 0 fully saturated rings. The fourth-order valence-corrected chi connectivity index (χ4v) is 1.18. The minimum absolute atomic E-state index is 0.475. The minimum atomic E-state index is -1.47. The lowest BCUT2D eigenvalue weighted by molar-refractivity contribution is 0.684. The Bertz CT molecular complexity index is 262. The van der Waals surface area contributed by atoms with E-state index in [-0.39, 0.29) is 0 Å². The van der Waals surface area contributed by atoms with Gasteiger partial charge in [0, 0.05) is 5.69 Å². The summed E-state index contributed by atoms with van der Waals surface area (Å²) in [6.45, 7) is 0. The first-order valence-electron chi connectivity index (χ1n) is 2.72. The van der Waals surface area contributed by atoms with E-state index in [1.165, 1.54) is 0 Å². The van der Waals surface area contributed by atoms with Crippen LogP contribution in [-0.2, 0) is 11.0 Å². The van der Waals surface area contributed by atoms with Gasteiger partial charge in [0.25, 0.3) is 0 Å². The van der Waals surface area contributed by atoms with Crippen LogP contribution in [0.2, 0.25) is 0 Å². The van der Waals surface area contributed by atoms with Gasteiger partial charge in [0.1, 0.15) is 11.0 Å². The van der Waals surface area contributed by atoms with Crippen molar-refractivity contribution in [1.29, 1.82) is 0 Å². The van der Waals surface area contributed by atoms with Crippen molar-refractivity contribution in [2.24, 2.45) is 5.14 Å². The molecule has 1 rings (SSSR count). The molecule has 1 aromatic rings. The normalized spacial score (nSPS) is 12.9. The molecule has 3 nitrogen and oxygen atoms in total. The highest BCUT2D eigenvalue weighted by atomic mass is 32.2. The number of anilines is 1. The van der Waals surface area contributed by atoms with Crippen LogP contribution in [0.5, 0.6) is 0 Å². The van der Waals surface area contributed by atoms with Gasteiger partial charge in [0.05, 0.1) is 4.90 Å². The van der Waals surface area contributed by atoms with Crippen molar-refractivity contribution in [2.75, 3.05) is 5.73 Å². The van der Waals surface area contributed by atoms with Crippen LogP contribution >= 0.6 is 0 Å². The number of benzene rings is 1. The predicted octanol–water partition coefficient (Wildman–Crippen LogP) is 0.250. The van der Waals surface area contributed by atoms with Crippen LogP contribution in [0.4, 0.5) is 5.69 Å². The fourth-order valence-electron chi connectivity index (χ4n) is 0.664. The summed E-state index contributed by atoms with van der Waals surface area (Å²) in [7, 11) is -1.47. The van der Waals surface area contributed by atoms with Crippen molar-refractivity contribution in [3.63, 3.8) is 0 Å². The Kier molecular flexibility index (Phi) is 2.03. The van der Waals surface area contributed by atoms with Crippen LogP contribution in [0.1, 0.15) is 0 Å². The van der Waals surface area contributed by atoms with Crippen LogP contribution in [-0.4, -0.2) is 4.21 Å². The zero-order valence-corrected chi connectivity index (χ0v) is 6.10. The van der Waals surface area contributed by atoms with Crippen molar-refractivity contribution in [3.8, 4) is 0 Å². The molecule has 0 radical (unpaired) electrons. The minimum Gasteiger partial charge on any atom is -0.398 e. The second kappa shape index (κ2) is 2.81.